The molecule has 1 atom stereocenters. The van der Waals surface area contributed by atoms with Crippen LogP contribution >= 0.6 is 12.6 Å². The zero-order valence-corrected chi connectivity index (χ0v) is 10.4. The minimum Gasteiger partial charge on any atom is -0.338 e. The lowest BCUT2D eigenvalue weighted by Crippen LogP contribution is -2.39. The van der Waals surface area contributed by atoms with E-state index in [1.165, 1.54) is 6.42 Å². The van der Waals surface area contributed by atoms with E-state index in [9.17, 15) is 4.79 Å². The number of likely N-dealkylation sites (tertiary alicyclic amines) is 1. The maximum Gasteiger partial charge on any atom is 0.253 e. The number of thiol groups is 1. The number of carbonyl (C=O) groups excluding carboxylic acids is 1. The molecule has 1 heterocycles. The molecule has 1 aromatic carbocycles. The molecule has 1 amide bonds. The van der Waals surface area contributed by atoms with Crippen LogP contribution in [0, 0.1) is 5.92 Å². The molecule has 2 rings (SSSR count). The summed E-state index contributed by atoms with van der Waals surface area (Å²) in [5.41, 5.74) is 0.751. The van der Waals surface area contributed by atoms with Crippen molar-refractivity contribution in [2.45, 2.75) is 24.7 Å². The Labute approximate surface area is 102 Å². The van der Waals surface area contributed by atoms with Crippen LogP contribution in [-0.4, -0.2) is 23.9 Å². The molecule has 16 heavy (non-hydrogen) atoms. The van der Waals surface area contributed by atoms with E-state index in [0.717, 1.165) is 30.0 Å². The Kier molecular flexibility index (Phi) is 3.54. The molecule has 1 unspecified atom stereocenters. The van der Waals surface area contributed by atoms with E-state index in [4.69, 9.17) is 0 Å². The van der Waals surface area contributed by atoms with Crippen molar-refractivity contribution >= 4 is 18.5 Å². The molecule has 0 saturated carbocycles. The molecule has 0 radical (unpaired) electrons. The first-order valence-corrected chi connectivity index (χ1v) is 6.20. The number of amides is 1. The van der Waals surface area contributed by atoms with Gasteiger partial charge in [-0.1, -0.05) is 13.0 Å². The van der Waals surface area contributed by atoms with Gasteiger partial charge in [-0.2, -0.15) is 0 Å². The summed E-state index contributed by atoms with van der Waals surface area (Å²) in [6.45, 7) is 3.98. The SMILES string of the molecule is CC1CCCN(C(=O)c2cccc(S)c2)C1. The molecule has 1 aliphatic heterocycles. The summed E-state index contributed by atoms with van der Waals surface area (Å²) in [5, 5.41) is 0. The van der Waals surface area contributed by atoms with E-state index < -0.39 is 0 Å². The predicted molar refractivity (Wildman–Crippen MR) is 68.0 cm³/mol. The fourth-order valence-corrected chi connectivity index (χ4v) is 2.42. The van der Waals surface area contributed by atoms with Gasteiger partial charge in [0.2, 0.25) is 0 Å². The maximum atomic E-state index is 12.2. The monoisotopic (exact) mass is 235 g/mol. The molecular formula is C13H17NOS. The van der Waals surface area contributed by atoms with E-state index in [1.54, 1.807) is 0 Å². The van der Waals surface area contributed by atoms with Gasteiger partial charge in [-0.25, -0.2) is 0 Å². The standard InChI is InChI=1S/C13H17NOS/c1-10-4-3-7-14(9-10)13(15)11-5-2-6-12(16)8-11/h2,5-6,8,10,16H,3-4,7,9H2,1H3. The van der Waals surface area contributed by atoms with E-state index in [0.29, 0.717) is 5.92 Å². The second-order valence-corrected chi connectivity index (χ2v) is 5.07. The van der Waals surface area contributed by atoms with Crippen molar-refractivity contribution in [2.24, 2.45) is 5.92 Å². The summed E-state index contributed by atoms with van der Waals surface area (Å²) < 4.78 is 0. The van der Waals surface area contributed by atoms with Crippen LogP contribution in [0.15, 0.2) is 29.2 Å². The fraction of sp³-hybridized carbons (Fsp3) is 0.462. The van der Waals surface area contributed by atoms with E-state index in [-0.39, 0.29) is 5.91 Å². The lowest BCUT2D eigenvalue weighted by molar-refractivity contribution is 0.0683. The van der Waals surface area contributed by atoms with Crippen molar-refractivity contribution < 1.29 is 4.79 Å². The minimum atomic E-state index is 0.141. The maximum absolute atomic E-state index is 12.2. The Morgan fingerprint density at radius 2 is 2.31 bits per heavy atom. The summed E-state index contributed by atoms with van der Waals surface area (Å²) in [5.74, 6) is 0.763. The third-order valence-electron chi connectivity index (χ3n) is 3.04. The van der Waals surface area contributed by atoms with Gasteiger partial charge in [-0.15, -0.1) is 12.6 Å². The van der Waals surface area contributed by atoms with Crippen LogP contribution in [0.3, 0.4) is 0 Å². The molecule has 0 bridgehead atoms. The van der Waals surface area contributed by atoms with Crippen LogP contribution in [0.25, 0.3) is 0 Å². The van der Waals surface area contributed by atoms with Gasteiger partial charge >= 0.3 is 0 Å². The first kappa shape index (κ1) is 11.5. The molecule has 86 valence electrons. The third-order valence-corrected chi connectivity index (χ3v) is 3.32. The quantitative estimate of drug-likeness (QED) is 0.742. The molecule has 0 spiro atoms. The van der Waals surface area contributed by atoms with Gasteiger partial charge in [0.05, 0.1) is 0 Å². The summed E-state index contributed by atoms with van der Waals surface area (Å²) in [7, 11) is 0. The van der Waals surface area contributed by atoms with Crippen molar-refractivity contribution in [3.05, 3.63) is 29.8 Å². The second kappa shape index (κ2) is 4.91. The lowest BCUT2D eigenvalue weighted by Gasteiger charge is -2.31. The van der Waals surface area contributed by atoms with E-state index in [2.05, 4.69) is 19.6 Å². The summed E-state index contributed by atoms with van der Waals surface area (Å²) in [6, 6.07) is 7.47. The predicted octanol–water partition coefficient (Wildman–Crippen LogP) is 2.85. The molecule has 1 aromatic rings. The Morgan fingerprint density at radius 1 is 1.50 bits per heavy atom. The second-order valence-electron chi connectivity index (χ2n) is 4.55. The number of hydrogen-bond donors (Lipinski definition) is 1. The van der Waals surface area contributed by atoms with Gasteiger partial charge in [0.25, 0.3) is 5.91 Å². The molecule has 0 aliphatic carbocycles. The van der Waals surface area contributed by atoms with Crippen molar-refractivity contribution in [3.8, 4) is 0 Å². The number of carbonyl (C=O) groups is 1. The van der Waals surface area contributed by atoms with Crippen LogP contribution in [-0.2, 0) is 0 Å². The summed E-state index contributed by atoms with van der Waals surface area (Å²) >= 11 is 4.26. The molecular weight excluding hydrogens is 218 g/mol. The highest BCUT2D eigenvalue weighted by atomic mass is 32.1. The Morgan fingerprint density at radius 3 is 3.00 bits per heavy atom. The Balaban J connectivity index is 2.12. The van der Waals surface area contributed by atoms with E-state index >= 15 is 0 Å². The minimum absolute atomic E-state index is 0.141. The normalized spacial score (nSPS) is 20.9. The largest absolute Gasteiger partial charge is 0.338 e. The average molecular weight is 235 g/mol. The lowest BCUT2D eigenvalue weighted by atomic mass is 9.99. The van der Waals surface area contributed by atoms with Crippen LogP contribution in [0.1, 0.15) is 30.1 Å². The number of benzene rings is 1. The van der Waals surface area contributed by atoms with Gasteiger partial charge in [-0.05, 0) is 37.0 Å². The molecule has 3 heteroatoms. The summed E-state index contributed by atoms with van der Waals surface area (Å²) in [4.78, 5) is 15.0. The highest BCUT2D eigenvalue weighted by Gasteiger charge is 2.21. The van der Waals surface area contributed by atoms with Gasteiger partial charge in [-0.3, -0.25) is 4.79 Å². The van der Waals surface area contributed by atoms with Crippen molar-refractivity contribution in [1.29, 1.82) is 0 Å². The highest BCUT2D eigenvalue weighted by Crippen LogP contribution is 2.18. The molecule has 1 aliphatic rings. The van der Waals surface area contributed by atoms with Crippen LogP contribution in [0.2, 0.25) is 0 Å². The van der Waals surface area contributed by atoms with Crippen molar-refractivity contribution in [2.75, 3.05) is 13.1 Å². The molecule has 0 N–H and O–H groups in total. The third kappa shape index (κ3) is 2.59. The fourth-order valence-electron chi connectivity index (χ4n) is 2.20. The Hall–Kier alpha value is -0.960. The number of rotatable bonds is 1. The Bertz CT molecular complexity index is 391. The van der Waals surface area contributed by atoms with E-state index in [1.807, 2.05) is 29.2 Å². The zero-order chi connectivity index (χ0) is 11.5. The first-order valence-electron chi connectivity index (χ1n) is 5.75. The molecule has 2 nitrogen and oxygen atoms in total. The van der Waals surface area contributed by atoms with Gasteiger partial charge in [0, 0.05) is 23.5 Å². The van der Waals surface area contributed by atoms with Crippen molar-refractivity contribution in [1.82, 2.24) is 4.90 Å². The number of piperidine rings is 1. The first-order chi connectivity index (χ1) is 7.66. The van der Waals surface area contributed by atoms with Crippen LogP contribution in [0.4, 0.5) is 0 Å². The van der Waals surface area contributed by atoms with Crippen LogP contribution in [0.5, 0.6) is 0 Å². The molecule has 1 saturated heterocycles. The smallest absolute Gasteiger partial charge is 0.253 e. The molecule has 1 fully saturated rings. The number of nitrogens with zero attached hydrogens (tertiary/aromatic N) is 1. The van der Waals surface area contributed by atoms with Gasteiger partial charge in [0.15, 0.2) is 0 Å². The average Bonchev–Trinajstić information content (AvgIpc) is 2.28. The van der Waals surface area contributed by atoms with Gasteiger partial charge < -0.3 is 4.90 Å². The zero-order valence-electron chi connectivity index (χ0n) is 9.52. The topological polar surface area (TPSA) is 20.3 Å². The van der Waals surface area contributed by atoms with Gasteiger partial charge in [0.1, 0.15) is 0 Å². The van der Waals surface area contributed by atoms with Crippen molar-refractivity contribution in [3.63, 3.8) is 0 Å². The highest BCUT2D eigenvalue weighted by molar-refractivity contribution is 7.80. The van der Waals surface area contributed by atoms with Crippen LogP contribution < -0.4 is 0 Å². The molecule has 0 aromatic heterocycles. The number of hydrogen-bond acceptors (Lipinski definition) is 2. The summed E-state index contributed by atoms with van der Waals surface area (Å²) in [6.07, 6.45) is 2.35.